The summed E-state index contributed by atoms with van der Waals surface area (Å²) in [5.41, 5.74) is 0. The molecule has 12 heavy (non-hydrogen) atoms. The van der Waals surface area contributed by atoms with Crippen LogP contribution in [0.5, 0.6) is 0 Å². The van der Waals surface area contributed by atoms with Gasteiger partial charge in [-0.2, -0.15) is 0 Å². The minimum absolute atomic E-state index is 0.281. The van der Waals surface area contributed by atoms with Crippen molar-refractivity contribution >= 4 is 5.78 Å². The van der Waals surface area contributed by atoms with Gasteiger partial charge in [0.15, 0.2) is 0 Å². The van der Waals surface area contributed by atoms with Crippen LogP contribution < -0.4 is 0 Å². The molecule has 0 amide bonds. The number of carbonyl (C=O) groups is 1. The minimum atomic E-state index is 0.281. The molecule has 0 bridgehead atoms. The number of terminal acetylenes is 1. The largest absolute Gasteiger partial charge is 0.381 e. The second kappa shape index (κ2) is 4.95. The molecule has 0 spiro atoms. The third-order valence-electron chi connectivity index (χ3n) is 2.09. The van der Waals surface area contributed by atoms with Crippen molar-refractivity contribution in [1.29, 1.82) is 0 Å². The first-order valence-electron chi connectivity index (χ1n) is 4.36. The van der Waals surface area contributed by atoms with E-state index >= 15 is 0 Å². The first kappa shape index (κ1) is 9.28. The van der Waals surface area contributed by atoms with Crippen LogP contribution in [0.3, 0.4) is 0 Å². The van der Waals surface area contributed by atoms with Crippen LogP contribution >= 0.6 is 0 Å². The number of carbonyl (C=O) groups excluding carboxylic acids is 1. The molecule has 1 unspecified atom stereocenters. The molecule has 1 rings (SSSR count). The van der Waals surface area contributed by atoms with Crippen LogP contribution in [0.15, 0.2) is 0 Å². The molecule has 1 fully saturated rings. The van der Waals surface area contributed by atoms with Gasteiger partial charge in [0.1, 0.15) is 5.78 Å². The van der Waals surface area contributed by atoms with Gasteiger partial charge in [-0.3, -0.25) is 4.79 Å². The standard InChI is InChI=1S/C10H14O2/c1-2-3-4-10(11)7-9-5-6-12-8-9/h1,9H,3-8H2. The van der Waals surface area contributed by atoms with E-state index < -0.39 is 0 Å². The number of ether oxygens (including phenoxy) is 1. The molecule has 66 valence electrons. The monoisotopic (exact) mass is 166 g/mol. The fourth-order valence-electron chi connectivity index (χ4n) is 1.38. The highest BCUT2D eigenvalue weighted by molar-refractivity contribution is 5.78. The van der Waals surface area contributed by atoms with Crippen LogP contribution in [0, 0.1) is 18.3 Å². The van der Waals surface area contributed by atoms with Gasteiger partial charge < -0.3 is 4.74 Å². The van der Waals surface area contributed by atoms with Gasteiger partial charge in [0.05, 0.1) is 0 Å². The second-order valence-corrected chi connectivity index (χ2v) is 3.18. The highest BCUT2D eigenvalue weighted by atomic mass is 16.5. The van der Waals surface area contributed by atoms with E-state index in [-0.39, 0.29) is 5.78 Å². The lowest BCUT2D eigenvalue weighted by molar-refractivity contribution is -0.119. The number of Topliss-reactive ketones (excluding diaryl/α,β-unsaturated/α-hetero) is 1. The van der Waals surface area contributed by atoms with Gasteiger partial charge in [-0.15, -0.1) is 12.3 Å². The Kier molecular flexibility index (Phi) is 3.83. The zero-order chi connectivity index (χ0) is 8.81. The lowest BCUT2D eigenvalue weighted by Crippen LogP contribution is -2.07. The van der Waals surface area contributed by atoms with Crippen molar-refractivity contribution in [1.82, 2.24) is 0 Å². The first-order valence-corrected chi connectivity index (χ1v) is 4.36. The van der Waals surface area contributed by atoms with Gasteiger partial charge in [0.25, 0.3) is 0 Å². The SMILES string of the molecule is C#CCCC(=O)CC1CCOC1. The van der Waals surface area contributed by atoms with Gasteiger partial charge in [0, 0.05) is 32.5 Å². The van der Waals surface area contributed by atoms with Crippen molar-refractivity contribution in [3.05, 3.63) is 0 Å². The van der Waals surface area contributed by atoms with Crippen molar-refractivity contribution in [2.24, 2.45) is 5.92 Å². The molecule has 0 radical (unpaired) electrons. The number of hydrogen-bond acceptors (Lipinski definition) is 2. The quantitative estimate of drug-likeness (QED) is 0.590. The zero-order valence-corrected chi connectivity index (χ0v) is 7.21. The van der Waals surface area contributed by atoms with Crippen molar-refractivity contribution in [2.75, 3.05) is 13.2 Å². The Morgan fingerprint density at radius 3 is 3.08 bits per heavy atom. The molecule has 0 aromatic heterocycles. The Morgan fingerprint density at radius 1 is 1.67 bits per heavy atom. The molecule has 0 aliphatic carbocycles. The van der Waals surface area contributed by atoms with Crippen LogP contribution in [-0.4, -0.2) is 19.0 Å². The molecule has 1 saturated heterocycles. The normalized spacial score (nSPS) is 22.1. The maximum Gasteiger partial charge on any atom is 0.134 e. The molecule has 0 saturated carbocycles. The van der Waals surface area contributed by atoms with Gasteiger partial charge in [-0.1, -0.05) is 0 Å². The smallest absolute Gasteiger partial charge is 0.134 e. The summed E-state index contributed by atoms with van der Waals surface area (Å²) < 4.78 is 5.17. The van der Waals surface area contributed by atoms with Gasteiger partial charge in [-0.25, -0.2) is 0 Å². The van der Waals surface area contributed by atoms with E-state index in [1.807, 2.05) is 0 Å². The Morgan fingerprint density at radius 2 is 2.50 bits per heavy atom. The zero-order valence-electron chi connectivity index (χ0n) is 7.21. The predicted molar refractivity (Wildman–Crippen MR) is 46.6 cm³/mol. The summed E-state index contributed by atoms with van der Waals surface area (Å²) in [7, 11) is 0. The summed E-state index contributed by atoms with van der Waals surface area (Å²) in [5, 5.41) is 0. The molecule has 1 heterocycles. The van der Waals surface area contributed by atoms with Crippen LogP contribution in [0.4, 0.5) is 0 Å². The summed E-state index contributed by atoms with van der Waals surface area (Å²) in [6, 6.07) is 0. The highest BCUT2D eigenvalue weighted by Crippen LogP contribution is 2.17. The third-order valence-corrected chi connectivity index (χ3v) is 2.09. The average Bonchev–Trinajstić information content (AvgIpc) is 2.53. The van der Waals surface area contributed by atoms with E-state index in [0.717, 1.165) is 19.6 Å². The van der Waals surface area contributed by atoms with Crippen molar-refractivity contribution < 1.29 is 9.53 Å². The van der Waals surface area contributed by atoms with E-state index in [0.29, 0.717) is 25.2 Å². The predicted octanol–water partition coefficient (Wildman–Crippen LogP) is 1.40. The summed E-state index contributed by atoms with van der Waals surface area (Å²) in [5.74, 6) is 3.21. The van der Waals surface area contributed by atoms with Gasteiger partial charge in [0.2, 0.25) is 0 Å². The molecule has 1 atom stereocenters. The summed E-state index contributed by atoms with van der Waals surface area (Å²) in [6.07, 6.45) is 7.85. The van der Waals surface area contributed by atoms with E-state index in [2.05, 4.69) is 5.92 Å². The maximum atomic E-state index is 11.2. The lowest BCUT2D eigenvalue weighted by atomic mass is 10.00. The first-order chi connectivity index (χ1) is 5.83. The van der Waals surface area contributed by atoms with Crippen LogP contribution in [0.25, 0.3) is 0 Å². The fourth-order valence-corrected chi connectivity index (χ4v) is 1.38. The number of hydrogen-bond donors (Lipinski definition) is 0. The topological polar surface area (TPSA) is 26.3 Å². The van der Waals surface area contributed by atoms with E-state index in [4.69, 9.17) is 11.2 Å². The van der Waals surface area contributed by atoms with E-state index in [9.17, 15) is 4.79 Å². The molecule has 1 aliphatic heterocycles. The third kappa shape index (κ3) is 3.06. The van der Waals surface area contributed by atoms with Crippen LogP contribution in [0.1, 0.15) is 25.7 Å². The lowest BCUT2D eigenvalue weighted by Gasteiger charge is -2.04. The molecule has 2 nitrogen and oxygen atoms in total. The summed E-state index contributed by atoms with van der Waals surface area (Å²) in [6.45, 7) is 1.56. The molecule has 1 aliphatic rings. The Bertz CT molecular complexity index is 185. The van der Waals surface area contributed by atoms with Crippen LogP contribution in [-0.2, 0) is 9.53 Å². The van der Waals surface area contributed by atoms with Crippen molar-refractivity contribution in [2.45, 2.75) is 25.7 Å². The van der Waals surface area contributed by atoms with E-state index in [1.165, 1.54) is 0 Å². The van der Waals surface area contributed by atoms with Crippen molar-refractivity contribution in [3.63, 3.8) is 0 Å². The van der Waals surface area contributed by atoms with Gasteiger partial charge in [-0.05, 0) is 12.3 Å². The molecule has 0 N–H and O–H groups in total. The average molecular weight is 166 g/mol. The Labute approximate surface area is 73.3 Å². The van der Waals surface area contributed by atoms with E-state index in [1.54, 1.807) is 0 Å². The maximum absolute atomic E-state index is 11.2. The molecule has 2 heteroatoms. The van der Waals surface area contributed by atoms with Crippen LogP contribution in [0.2, 0.25) is 0 Å². The fraction of sp³-hybridized carbons (Fsp3) is 0.700. The molecule has 0 aromatic carbocycles. The summed E-state index contributed by atoms with van der Waals surface area (Å²) >= 11 is 0. The molecule has 0 aromatic rings. The van der Waals surface area contributed by atoms with Crippen molar-refractivity contribution in [3.8, 4) is 12.3 Å². The minimum Gasteiger partial charge on any atom is -0.381 e. The number of ketones is 1. The molecular weight excluding hydrogens is 152 g/mol. The molecular formula is C10H14O2. The Balaban J connectivity index is 2.13. The van der Waals surface area contributed by atoms with Gasteiger partial charge >= 0.3 is 0 Å². The highest BCUT2D eigenvalue weighted by Gasteiger charge is 2.18. The second-order valence-electron chi connectivity index (χ2n) is 3.18. The Hall–Kier alpha value is -0.810. The summed E-state index contributed by atoms with van der Waals surface area (Å²) in [4.78, 5) is 11.2. The number of rotatable bonds is 4.